The van der Waals surface area contributed by atoms with Gasteiger partial charge in [-0.1, -0.05) is 32.1 Å². The molecule has 1 aliphatic rings. The third-order valence-electron chi connectivity index (χ3n) is 6.26. The van der Waals surface area contributed by atoms with Crippen LogP contribution in [0.2, 0.25) is 0 Å². The third kappa shape index (κ3) is 7.06. The maximum absolute atomic E-state index is 9.24. The molecule has 2 aromatic heterocycles. The Bertz CT molecular complexity index is 1000. The number of fused-ring (bicyclic) bond motifs is 1. The molecule has 2 heterocycles. The molecule has 1 aromatic carbocycles. The Morgan fingerprint density at radius 1 is 1.00 bits per heavy atom. The van der Waals surface area contributed by atoms with E-state index < -0.39 is 6.23 Å². The number of aromatic amines is 1. The van der Waals surface area contributed by atoms with E-state index in [0.29, 0.717) is 25.0 Å². The lowest BCUT2D eigenvalue weighted by Crippen LogP contribution is -2.24. The SMILES string of the molecule is ONC(O)CCCCCCOc1ccc(Nc2nc(NC3CCCCC3)c3cc[nH]c3n2)cc1. The van der Waals surface area contributed by atoms with Gasteiger partial charge in [-0.2, -0.15) is 15.4 Å². The highest BCUT2D eigenvalue weighted by molar-refractivity contribution is 5.88. The molecule has 0 spiro atoms. The van der Waals surface area contributed by atoms with Crippen LogP contribution in [0.15, 0.2) is 36.5 Å². The van der Waals surface area contributed by atoms with Crippen LogP contribution in [0.3, 0.4) is 0 Å². The molecule has 0 bridgehead atoms. The van der Waals surface area contributed by atoms with E-state index in [2.05, 4.69) is 20.6 Å². The van der Waals surface area contributed by atoms with Gasteiger partial charge in [-0.25, -0.2) is 0 Å². The summed E-state index contributed by atoms with van der Waals surface area (Å²) in [6.07, 6.45) is 11.7. The van der Waals surface area contributed by atoms with E-state index in [0.717, 1.165) is 54.0 Å². The van der Waals surface area contributed by atoms with Crippen molar-refractivity contribution in [3.63, 3.8) is 0 Å². The standard InChI is InChI=1S/C25H36N6O3/c32-22(31-33)10-6-1-2-7-17-34-20-13-11-19(12-14-20)28-25-29-23-21(15-16-26-23)24(30-25)27-18-8-4-3-5-9-18/h11-16,18,22,31-33H,1-10,17H2,(H3,26,27,28,29,30). The van der Waals surface area contributed by atoms with E-state index in [4.69, 9.17) is 14.9 Å². The first-order valence-corrected chi connectivity index (χ1v) is 12.4. The smallest absolute Gasteiger partial charge is 0.231 e. The number of aliphatic hydroxyl groups is 1. The molecule has 3 aromatic rings. The van der Waals surface area contributed by atoms with Gasteiger partial charge in [-0.15, -0.1) is 0 Å². The van der Waals surface area contributed by atoms with Gasteiger partial charge in [0.25, 0.3) is 0 Å². The van der Waals surface area contributed by atoms with Crippen LogP contribution in [0.5, 0.6) is 5.75 Å². The highest BCUT2D eigenvalue weighted by atomic mass is 16.5. The minimum atomic E-state index is -0.835. The van der Waals surface area contributed by atoms with Crippen molar-refractivity contribution in [3.8, 4) is 5.75 Å². The van der Waals surface area contributed by atoms with Gasteiger partial charge in [0.05, 0.1) is 12.0 Å². The maximum Gasteiger partial charge on any atom is 0.231 e. The summed E-state index contributed by atoms with van der Waals surface area (Å²) in [5, 5.41) is 25.8. The van der Waals surface area contributed by atoms with Crippen molar-refractivity contribution >= 4 is 28.5 Å². The van der Waals surface area contributed by atoms with E-state index in [9.17, 15) is 5.11 Å². The zero-order valence-electron chi connectivity index (χ0n) is 19.6. The molecule has 9 heteroatoms. The number of rotatable bonds is 13. The lowest BCUT2D eigenvalue weighted by atomic mass is 9.95. The summed E-state index contributed by atoms with van der Waals surface area (Å²) in [5.41, 5.74) is 3.57. The summed E-state index contributed by atoms with van der Waals surface area (Å²) in [6.45, 7) is 0.649. The van der Waals surface area contributed by atoms with Crippen LogP contribution in [0.1, 0.15) is 64.2 Å². The van der Waals surface area contributed by atoms with Crippen LogP contribution in [0.25, 0.3) is 11.0 Å². The minimum absolute atomic E-state index is 0.468. The molecule has 34 heavy (non-hydrogen) atoms. The molecule has 9 nitrogen and oxygen atoms in total. The summed E-state index contributed by atoms with van der Waals surface area (Å²) in [5.74, 6) is 2.26. The second-order valence-corrected chi connectivity index (χ2v) is 8.96. The molecular formula is C25H36N6O3. The average Bonchev–Trinajstić information content (AvgIpc) is 3.34. The topological polar surface area (TPSA) is 127 Å². The van der Waals surface area contributed by atoms with Gasteiger partial charge in [-0.3, -0.25) is 0 Å². The summed E-state index contributed by atoms with van der Waals surface area (Å²) < 4.78 is 5.84. The lowest BCUT2D eigenvalue weighted by Gasteiger charge is -2.23. The van der Waals surface area contributed by atoms with Crippen molar-refractivity contribution in [1.29, 1.82) is 0 Å². The van der Waals surface area contributed by atoms with Crippen molar-refractivity contribution < 1.29 is 15.1 Å². The second kappa shape index (κ2) is 12.5. The fraction of sp³-hybridized carbons (Fsp3) is 0.520. The predicted molar refractivity (Wildman–Crippen MR) is 134 cm³/mol. The van der Waals surface area contributed by atoms with Gasteiger partial charge < -0.3 is 30.7 Å². The number of aliphatic hydroxyl groups excluding tert-OH is 1. The van der Waals surface area contributed by atoms with Crippen molar-refractivity contribution in [3.05, 3.63) is 36.5 Å². The van der Waals surface area contributed by atoms with Gasteiger partial charge in [-0.05, 0) is 62.4 Å². The number of nitrogens with one attached hydrogen (secondary N) is 4. The normalized spacial score (nSPS) is 15.4. The van der Waals surface area contributed by atoms with Gasteiger partial charge in [0.1, 0.15) is 23.4 Å². The first kappa shape index (κ1) is 24.3. The van der Waals surface area contributed by atoms with Crippen molar-refractivity contribution in [1.82, 2.24) is 20.4 Å². The van der Waals surface area contributed by atoms with Crippen molar-refractivity contribution in [2.24, 2.45) is 0 Å². The lowest BCUT2D eigenvalue weighted by molar-refractivity contribution is -0.00395. The first-order valence-electron chi connectivity index (χ1n) is 12.4. The van der Waals surface area contributed by atoms with Crippen LogP contribution in [-0.4, -0.2) is 44.1 Å². The molecule has 6 N–H and O–H groups in total. The molecule has 0 aliphatic heterocycles. The molecule has 0 amide bonds. The van der Waals surface area contributed by atoms with Crippen LogP contribution < -0.4 is 20.9 Å². The van der Waals surface area contributed by atoms with Crippen LogP contribution in [0, 0.1) is 0 Å². The fourth-order valence-corrected chi connectivity index (χ4v) is 4.36. The Hall–Kier alpha value is -2.88. The summed E-state index contributed by atoms with van der Waals surface area (Å²) >= 11 is 0. The highest BCUT2D eigenvalue weighted by Crippen LogP contribution is 2.27. The Balaban J connectivity index is 1.27. The Kier molecular flexibility index (Phi) is 8.95. The zero-order valence-corrected chi connectivity index (χ0v) is 19.6. The Morgan fingerprint density at radius 3 is 2.59 bits per heavy atom. The molecular weight excluding hydrogens is 432 g/mol. The molecule has 0 radical (unpaired) electrons. The summed E-state index contributed by atoms with van der Waals surface area (Å²) in [7, 11) is 0. The van der Waals surface area contributed by atoms with Crippen molar-refractivity contribution in [2.45, 2.75) is 76.5 Å². The van der Waals surface area contributed by atoms with Crippen LogP contribution in [0.4, 0.5) is 17.5 Å². The second-order valence-electron chi connectivity index (χ2n) is 8.96. The Morgan fingerprint density at radius 2 is 1.79 bits per heavy atom. The highest BCUT2D eigenvalue weighted by Gasteiger charge is 2.16. The van der Waals surface area contributed by atoms with Gasteiger partial charge in [0, 0.05) is 17.9 Å². The van der Waals surface area contributed by atoms with E-state index in [-0.39, 0.29) is 0 Å². The monoisotopic (exact) mass is 468 g/mol. The third-order valence-corrected chi connectivity index (χ3v) is 6.26. The molecule has 0 saturated heterocycles. The number of unbranched alkanes of at least 4 members (excludes halogenated alkanes) is 3. The zero-order chi connectivity index (χ0) is 23.6. The first-order chi connectivity index (χ1) is 16.7. The molecule has 1 fully saturated rings. The number of ether oxygens (including phenoxy) is 1. The fourth-order valence-electron chi connectivity index (χ4n) is 4.36. The molecule has 1 unspecified atom stereocenters. The number of hydroxylamine groups is 1. The van der Waals surface area contributed by atoms with Crippen LogP contribution in [-0.2, 0) is 0 Å². The van der Waals surface area contributed by atoms with Gasteiger partial charge in [0.2, 0.25) is 5.95 Å². The predicted octanol–water partition coefficient (Wildman–Crippen LogP) is 5.07. The molecule has 4 rings (SSSR count). The summed E-state index contributed by atoms with van der Waals surface area (Å²) in [6, 6.07) is 10.3. The molecule has 1 aliphatic carbocycles. The van der Waals surface area contributed by atoms with Gasteiger partial charge in [0.15, 0.2) is 0 Å². The maximum atomic E-state index is 9.24. The van der Waals surface area contributed by atoms with E-state index in [1.165, 1.54) is 32.1 Å². The number of benzene rings is 1. The van der Waals surface area contributed by atoms with E-state index >= 15 is 0 Å². The molecule has 1 atom stereocenters. The largest absolute Gasteiger partial charge is 0.494 e. The number of nitrogens with zero attached hydrogens (tertiary/aromatic N) is 2. The minimum Gasteiger partial charge on any atom is -0.494 e. The van der Waals surface area contributed by atoms with Gasteiger partial charge >= 0.3 is 0 Å². The van der Waals surface area contributed by atoms with E-state index in [1.807, 2.05) is 42.0 Å². The van der Waals surface area contributed by atoms with Crippen molar-refractivity contribution in [2.75, 3.05) is 17.2 Å². The Labute approximate surface area is 200 Å². The summed E-state index contributed by atoms with van der Waals surface area (Å²) in [4.78, 5) is 12.6. The number of aromatic nitrogens is 3. The molecule has 1 saturated carbocycles. The molecule has 184 valence electrons. The average molecular weight is 469 g/mol. The van der Waals surface area contributed by atoms with E-state index in [1.54, 1.807) is 0 Å². The number of anilines is 3. The number of H-pyrrole nitrogens is 1. The number of hydrogen-bond acceptors (Lipinski definition) is 8. The van der Waals surface area contributed by atoms with Crippen LogP contribution >= 0.6 is 0 Å². The quantitative estimate of drug-likeness (QED) is 0.117. The number of hydrogen-bond donors (Lipinski definition) is 6.